The fourth-order valence-electron chi connectivity index (χ4n) is 1.41. The quantitative estimate of drug-likeness (QED) is 0.496. The van der Waals surface area contributed by atoms with Gasteiger partial charge in [-0.2, -0.15) is 0 Å². The maximum atomic E-state index is 10.7. The van der Waals surface area contributed by atoms with Crippen LogP contribution in [-0.2, 0) is 9.53 Å². The zero-order chi connectivity index (χ0) is 10.2. The van der Waals surface area contributed by atoms with Gasteiger partial charge in [0.25, 0.3) is 0 Å². The van der Waals surface area contributed by atoms with E-state index in [0.717, 1.165) is 12.0 Å². The SMILES string of the molecule is CCCCCC/C=C1/C=CC(=O)OC1. The second kappa shape index (κ2) is 6.41. The molecule has 0 aromatic carbocycles. The van der Waals surface area contributed by atoms with E-state index in [4.69, 9.17) is 4.74 Å². The standard InChI is InChI=1S/C12H18O2/c1-2-3-4-5-6-7-11-8-9-12(13)14-10-11/h7-9H,2-6,10H2,1H3/b11-7-. The van der Waals surface area contributed by atoms with Gasteiger partial charge in [-0.1, -0.05) is 32.3 Å². The van der Waals surface area contributed by atoms with Gasteiger partial charge >= 0.3 is 5.97 Å². The van der Waals surface area contributed by atoms with Crippen molar-refractivity contribution in [2.75, 3.05) is 6.61 Å². The minimum atomic E-state index is -0.229. The fourth-order valence-corrected chi connectivity index (χ4v) is 1.41. The molecule has 0 saturated carbocycles. The van der Waals surface area contributed by atoms with Gasteiger partial charge in [0, 0.05) is 6.08 Å². The second-order valence-corrected chi connectivity index (χ2v) is 3.57. The molecule has 14 heavy (non-hydrogen) atoms. The lowest BCUT2D eigenvalue weighted by Crippen LogP contribution is -2.08. The number of esters is 1. The van der Waals surface area contributed by atoms with Gasteiger partial charge in [-0.3, -0.25) is 0 Å². The van der Waals surface area contributed by atoms with Crippen molar-refractivity contribution in [1.82, 2.24) is 0 Å². The molecule has 0 fully saturated rings. The highest BCUT2D eigenvalue weighted by atomic mass is 16.5. The van der Waals surface area contributed by atoms with E-state index >= 15 is 0 Å². The van der Waals surface area contributed by atoms with E-state index in [1.54, 1.807) is 0 Å². The molecule has 1 aliphatic rings. The molecule has 0 spiro atoms. The first kappa shape index (κ1) is 11.0. The van der Waals surface area contributed by atoms with Crippen molar-refractivity contribution in [3.05, 3.63) is 23.8 Å². The maximum absolute atomic E-state index is 10.7. The monoisotopic (exact) mass is 194 g/mol. The van der Waals surface area contributed by atoms with Crippen LogP contribution in [0.5, 0.6) is 0 Å². The lowest BCUT2D eigenvalue weighted by atomic mass is 10.1. The molecule has 78 valence electrons. The average Bonchev–Trinajstić information content (AvgIpc) is 2.21. The van der Waals surface area contributed by atoms with Crippen LogP contribution in [0.25, 0.3) is 0 Å². The number of carbonyl (C=O) groups excluding carboxylic acids is 1. The van der Waals surface area contributed by atoms with Crippen molar-refractivity contribution < 1.29 is 9.53 Å². The second-order valence-electron chi connectivity index (χ2n) is 3.57. The van der Waals surface area contributed by atoms with E-state index in [9.17, 15) is 4.79 Å². The number of hydrogen-bond donors (Lipinski definition) is 0. The Morgan fingerprint density at radius 2 is 2.21 bits per heavy atom. The van der Waals surface area contributed by atoms with E-state index in [0.29, 0.717) is 6.61 Å². The third-order valence-electron chi connectivity index (χ3n) is 2.28. The van der Waals surface area contributed by atoms with Crippen LogP contribution in [0, 0.1) is 0 Å². The first-order valence-electron chi connectivity index (χ1n) is 5.37. The summed E-state index contributed by atoms with van der Waals surface area (Å²) in [7, 11) is 0. The minimum Gasteiger partial charge on any atom is -0.458 e. The summed E-state index contributed by atoms with van der Waals surface area (Å²) in [4.78, 5) is 10.7. The molecule has 2 nitrogen and oxygen atoms in total. The molecule has 1 aliphatic heterocycles. The van der Waals surface area contributed by atoms with Gasteiger partial charge in [-0.15, -0.1) is 0 Å². The van der Waals surface area contributed by atoms with Crippen molar-refractivity contribution >= 4 is 5.97 Å². The highest BCUT2D eigenvalue weighted by Gasteiger charge is 2.05. The Kier molecular flexibility index (Phi) is 5.05. The van der Waals surface area contributed by atoms with Gasteiger partial charge in [0.2, 0.25) is 0 Å². The molecule has 0 N–H and O–H groups in total. The lowest BCUT2D eigenvalue weighted by molar-refractivity contribution is -0.137. The number of hydrogen-bond acceptors (Lipinski definition) is 2. The Morgan fingerprint density at radius 3 is 2.86 bits per heavy atom. The summed E-state index contributed by atoms with van der Waals surface area (Å²) in [6.07, 6.45) is 11.7. The Morgan fingerprint density at radius 1 is 1.36 bits per heavy atom. The summed E-state index contributed by atoms with van der Waals surface area (Å²) in [5.41, 5.74) is 1.13. The minimum absolute atomic E-state index is 0.229. The van der Waals surface area contributed by atoms with Crippen LogP contribution in [0.15, 0.2) is 23.8 Å². The summed E-state index contributed by atoms with van der Waals surface area (Å²) in [6.45, 7) is 2.66. The number of rotatable bonds is 5. The molecule has 0 bridgehead atoms. The normalized spacial score (nSPS) is 18.6. The van der Waals surface area contributed by atoms with Crippen molar-refractivity contribution in [1.29, 1.82) is 0 Å². The molecule has 0 aromatic heterocycles. The topological polar surface area (TPSA) is 26.3 Å². The third kappa shape index (κ3) is 4.26. The Balaban J connectivity index is 2.18. The van der Waals surface area contributed by atoms with Gasteiger partial charge in [0.15, 0.2) is 0 Å². The average molecular weight is 194 g/mol. The summed E-state index contributed by atoms with van der Waals surface area (Å²) in [5.74, 6) is -0.229. The summed E-state index contributed by atoms with van der Waals surface area (Å²) < 4.78 is 4.87. The zero-order valence-corrected chi connectivity index (χ0v) is 8.79. The van der Waals surface area contributed by atoms with Gasteiger partial charge in [0.05, 0.1) is 0 Å². The van der Waals surface area contributed by atoms with Crippen molar-refractivity contribution in [2.24, 2.45) is 0 Å². The Bertz CT molecular complexity index is 239. The summed E-state index contributed by atoms with van der Waals surface area (Å²) >= 11 is 0. The van der Waals surface area contributed by atoms with Gasteiger partial charge in [-0.05, 0) is 24.5 Å². The lowest BCUT2D eigenvalue weighted by Gasteiger charge is -2.08. The predicted molar refractivity (Wildman–Crippen MR) is 56.9 cm³/mol. The van der Waals surface area contributed by atoms with Gasteiger partial charge in [0.1, 0.15) is 6.61 Å². The largest absolute Gasteiger partial charge is 0.458 e. The first-order valence-corrected chi connectivity index (χ1v) is 5.37. The third-order valence-corrected chi connectivity index (χ3v) is 2.28. The molecular weight excluding hydrogens is 176 g/mol. The number of cyclic esters (lactones) is 1. The van der Waals surface area contributed by atoms with E-state index in [2.05, 4.69) is 13.0 Å². The van der Waals surface area contributed by atoms with Crippen molar-refractivity contribution in [3.63, 3.8) is 0 Å². The summed E-state index contributed by atoms with van der Waals surface area (Å²) in [6, 6.07) is 0. The van der Waals surface area contributed by atoms with Crippen LogP contribution in [-0.4, -0.2) is 12.6 Å². The molecule has 1 heterocycles. The first-order chi connectivity index (χ1) is 6.83. The van der Waals surface area contributed by atoms with Crippen LogP contribution in [0.1, 0.15) is 39.0 Å². The van der Waals surface area contributed by atoms with Crippen LogP contribution < -0.4 is 0 Å². The van der Waals surface area contributed by atoms with E-state index in [1.807, 2.05) is 6.08 Å². The number of allylic oxidation sites excluding steroid dienone is 1. The summed E-state index contributed by atoms with van der Waals surface area (Å²) in [5, 5.41) is 0. The molecule has 0 amide bonds. The van der Waals surface area contributed by atoms with E-state index in [1.165, 1.54) is 31.8 Å². The molecular formula is C12H18O2. The number of carbonyl (C=O) groups is 1. The molecule has 0 atom stereocenters. The smallest absolute Gasteiger partial charge is 0.331 e. The number of ether oxygens (including phenoxy) is 1. The van der Waals surface area contributed by atoms with Gasteiger partial charge < -0.3 is 4.74 Å². The molecule has 0 saturated heterocycles. The van der Waals surface area contributed by atoms with Crippen molar-refractivity contribution in [3.8, 4) is 0 Å². The molecule has 0 aliphatic carbocycles. The van der Waals surface area contributed by atoms with Crippen LogP contribution in [0.3, 0.4) is 0 Å². The van der Waals surface area contributed by atoms with Crippen LogP contribution >= 0.6 is 0 Å². The fraction of sp³-hybridized carbons (Fsp3) is 0.583. The van der Waals surface area contributed by atoms with E-state index < -0.39 is 0 Å². The van der Waals surface area contributed by atoms with Crippen molar-refractivity contribution in [2.45, 2.75) is 39.0 Å². The van der Waals surface area contributed by atoms with Gasteiger partial charge in [-0.25, -0.2) is 4.79 Å². The van der Waals surface area contributed by atoms with Crippen LogP contribution in [0.2, 0.25) is 0 Å². The molecule has 1 rings (SSSR count). The number of unbranched alkanes of at least 4 members (excludes halogenated alkanes) is 4. The Labute approximate surface area is 85.6 Å². The van der Waals surface area contributed by atoms with Crippen LogP contribution in [0.4, 0.5) is 0 Å². The molecule has 0 radical (unpaired) electrons. The highest BCUT2D eigenvalue weighted by Crippen LogP contribution is 2.09. The Hall–Kier alpha value is -1.05. The predicted octanol–water partition coefficient (Wildman–Crippen LogP) is 3.00. The highest BCUT2D eigenvalue weighted by molar-refractivity contribution is 5.83. The zero-order valence-electron chi connectivity index (χ0n) is 8.79. The van der Waals surface area contributed by atoms with E-state index in [-0.39, 0.29) is 5.97 Å². The molecule has 0 aromatic rings. The maximum Gasteiger partial charge on any atom is 0.331 e. The molecule has 2 heteroatoms. The molecule has 0 unspecified atom stereocenters.